The van der Waals surface area contributed by atoms with Crippen LogP contribution in [-0.4, -0.2) is 37.0 Å². The van der Waals surface area contributed by atoms with Gasteiger partial charge in [0.05, 0.1) is 17.5 Å². The first-order valence-corrected chi connectivity index (χ1v) is 7.41. The molecule has 88 valence electrons. The summed E-state index contributed by atoms with van der Waals surface area (Å²) in [5.74, 6) is -1.48. The van der Waals surface area contributed by atoms with Gasteiger partial charge in [0.25, 0.3) is 0 Å². The number of carbonyl (C=O) groups is 1. The van der Waals surface area contributed by atoms with E-state index >= 15 is 0 Å². The van der Waals surface area contributed by atoms with Crippen LogP contribution in [0, 0.1) is 0 Å². The van der Waals surface area contributed by atoms with E-state index in [-0.39, 0.29) is 11.5 Å². The topological polar surface area (TPSA) is 83.5 Å². The lowest BCUT2D eigenvalue weighted by Crippen LogP contribution is -2.50. The Labute approximate surface area is 97.0 Å². The number of sulfone groups is 1. The fourth-order valence-corrected chi connectivity index (χ4v) is 4.27. The van der Waals surface area contributed by atoms with Crippen LogP contribution in [0.25, 0.3) is 0 Å². The van der Waals surface area contributed by atoms with Gasteiger partial charge in [-0.15, -0.1) is 11.3 Å². The van der Waals surface area contributed by atoms with Crippen molar-refractivity contribution in [2.75, 3.05) is 11.5 Å². The van der Waals surface area contributed by atoms with Crippen LogP contribution in [-0.2, 0) is 14.6 Å². The van der Waals surface area contributed by atoms with Crippen molar-refractivity contribution in [2.45, 2.75) is 12.1 Å². The quantitative estimate of drug-likeness (QED) is 0.798. The summed E-state index contributed by atoms with van der Waals surface area (Å²) >= 11 is 1.42. The molecule has 0 aromatic carbocycles. The van der Waals surface area contributed by atoms with Crippen molar-refractivity contribution in [1.29, 1.82) is 0 Å². The minimum atomic E-state index is -3.29. The van der Waals surface area contributed by atoms with Gasteiger partial charge in [0.15, 0.2) is 9.84 Å². The smallest absolute Gasteiger partial charge is 0.321 e. The third kappa shape index (κ3) is 2.42. The molecule has 5 nitrogen and oxygen atoms in total. The van der Waals surface area contributed by atoms with Gasteiger partial charge in [-0.3, -0.25) is 10.1 Å². The van der Waals surface area contributed by atoms with Gasteiger partial charge in [-0.05, 0) is 11.4 Å². The predicted molar refractivity (Wildman–Crippen MR) is 60.3 cm³/mol. The maximum absolute atomic E-state index is 11.6. The third-order valence-electron chi connectivity index (χ3n) is 2.43. The molecule has 2 rings (SSSR count). The van der Waals surface area contributed by atoms with Gasteiger partial charge in [-0.1, -0.05) is 6.07 Å². The molecule has 2 heterocycles. The maximum Gasteiger partial charge on any atom is 0.321 e. The van der Waals surface area contributed by atoms with Crippen molar-refractivity contribution in [3.8, 4) is 0 Å². The second-order valence-corrected chi connectivity index (χ2v) is 6.84. The highest BCUT2D eigenvalue weighted by atomic mass is 32.2. The molecule has 1 aromatic heterocycles. The van der Waals surface area contributed by atoms with Crippen LogP contribution in [0.1, 0.15) is 10.9 Å². The van der Waals surface area contributed by atoms with Crippen LogP contribution in [0.4, 0.5) is 0 Å². The minimum Gasteiger partial charge on any atom is -0.480 e. The van der Waals surface area contributed by atoms with Crippen molar-refractivity contribution >= 4 is 27.1 Å². The van der Waals surface area contributed by atoms with Gasteiger partial charge < -0.3 is 5.11 Å². The Morgan fingerprint density at radius 1 is 1.50 bits per heavy atom. The number of rotatable bonds is 2. The molecule has 1 fully saturated rings. The number of carboxylic acid groups (broad SMARTS) is 1. The number of carboxylic acids is 1. The van der Waals surface area contributed by atoms with Crippen molar-refractivity contribution in [3.05, 3.63) is 22.4 Å². The fraction of sp³-hybridized carbons (Fsp3) is 0.444. The second-order valence-electron chi connectivity index (χ2n) is 3.70. The van der Waals surface area contributed by atoms with Gasteiger partial charge in [0.1, 0.15) is 6.04 Å². The Morgan fingerprint density at radius 2 is 2.25 bits per heavy atom. The fourth-order valence-electron chi connectivity index (χ4n) is 1.71. The summed E-state index contributed by atoms with van der Waals surface area (Å²) in [7, 11) is -3.29. The summed E-state index contributed by atoms with van der Waals surface area (Å²) in [6, 6.07) is 2.21. The van der Waals surface area contributed by atoms with E-state index in [2.05, 4.69) is 5.32 Å². The molecule has 2 unspecified atom stereocenters. The summed E-state index contributed by atoms with van der Waals surface area (Å²) in [6.45, 7) is 0. The van der Waals surface area contributed by atoms with Crippen molar-refractivity contribution in [2.24, 2.45) is 0 Å². The third-order valence-corrected chi connectivity index (χ3v) is 5.10. The summed E-state index contributed by atoms with van der Waals surface area (Å²) in [6.07, 6.45) is 0. The molecule has 0 radical (unpaired) electrons. The Balaban J connectivity index is 2.25. The zero-order valence-electron chi connectivity index (χ0n) is 8.29. The van der Waals surface area contributed by atoms with Crippen LogP contribution in [0.15, 0.2) is 17.5 Å². The molecule has 0 saturated carbocycles. The van der Waals surface area contributed by atoms with E-state index in [1.165, 1.54) is 11.3 Å². The molecule has 0 spiro atoms. The first-order valence-electron chi connectivity index (χ1n) is 4.70. The van der Waals surface area contributed by atoms with Crippen molar-refractivity contribution in [3.63, 3.8) is 0 Å². The Morgan fingerprint density at radius 3 is 2.81 bits per heavy atom. The molecule has 0 amide bonds. The van der Waals surface area contributed by atoms with E-state index in [9.17, 15) is 13.2 Å². The standard InChI is InChI=1S/C9H11NO4S2/c11-9(12)7-5-16(13,14)4-6(10-7)8-2-1-3-15-8/h1-3,6-7,10H,4-5H2,(H,11,12). The van der Waals surface area contributed by atoms with Gasteiger partial charge in [-0.2, -0.15) is 0 Å². The largest absolute Gasteiger partial charge is 0.480 e. The van der Waals surface area contributed by atoms with E-state index in [1.807, 2.05) is 17.5 Å². The van der Waals surface area contributed by atoms with E-state index in [0.29, 0.717) is 0 Å². The van der Waals surface area contributed by atoms with Crippen LogP contribution < -0.4 is 5.32 Å². The van der Waals surface area contributed by atoms with E-state index in [1.54, 1.807) is 0 Å². The summed E-state index contributed by atoms with van der Waals surface area (Å²) < 4.78 is 23.1. The number of thiophene rings is 1. The molecule has 1 aliphatic heterocycles. The van der Waals surface area contributed by atoms with Crippen LogP contribution in [0.2, 0.25) is 0 Å². The molecule has 1 saturated heterocycles. The SMILES string of the molecule is O=C(O)C1CS(=O)(=O)CC(c2cccs2)N1. The second kappa shape index (κ2) is 4.15. The number of nitrogens with one attached hydrogen (secondary N) is 1. The molecule has 7 heteroatoms. The molecule has 0 bridgehead atoms. The van der Waals surface area contributed by atoms with Crippen LogP contribution >= 0.6 is 11.3 Å². The average Bonchev–Trinajstić information content (AvgIpc) is 2.67. The van der Waals surface area contributed by atoms with Gasteiger partial charge in [0.2, 0.25) is 0 Å². The van der Waals surface area contributed by atoms with E-state index in [4.69, 9.17) is 5.11 Å². The van der Waals surface area contributed by atoms with Gasteiger partial charge in [0, 0.05) is 4.88 Å². The normalized spacial score (nSPS) is 28.8. The molecule has 1 aliphatic rings. The molecule has 2 N–H and O–H groups in total. The monoisotopic (exact) mass is 261 g/mol. The van der Waals surface area contributed by atoms with Crippen molar-refractivity contribution in [1.82, 2.24) is 5.32 Å². The van der Waals surface area contributed by atoms with E-state index < -0.39 is 27.9 Å². The van der Waals surface area contributed by atoms with Crippen LogP contribution in [0.3, 0.4) is 0 Å². The molecule has 1 aromatic rings. The predicted octanol–water partition coefficient (Wildman–Crippen LogP) is 0.260. The first-order chi connectivity index (χ1) is 7.48. The number of hydrogen-bond acceptors (Lipinski definition) is 5. The highest BCUT2D eigenvalue weighted by Crippen LogP contribution is 2.24. The molecular weight excluding hydrogens is 250 g/mol. The Hall–Kier alpha value is -0.920. The molecule has 2 atom stereocenters. The zero-order chi connectivity index (χ0) is 11.8. The first kappa shape index (κ1) is 11.6. The van der Waals surface area contributed by atoms with Crippen LogP contribution in [0.5, 0.6) is 0 Å². The lowest BCUT2D eigenvalue weighted by atomic mass is 10.2. The molecule has 16 heavy (non-hydrogen) atoms. The van der Waals surface area contributed by atoms with E-state index in [0.717, 1.165) is 4.88 Å². The number of aliphatic carboxylic acids is 1. The summed E-state index contributed by atoms with van der Waals surface area (Å²) in [5.41, 5.74) is 0. The maximum atomic E-state index is 11.6. The molecular formula is C9H11NO4S2. The van der Waals surface area contributed by atoms with Gasteiger partial charge in [-0.25, -0.2) is 8.42 Å². The summed E-state index contributed by atoms with van der Waals surface area (Å²) in [4.78, 5) is 11.7. The van der Waals surface area contributed by atoms with Crippen molar-refractivity contribution < 1.29 is 18.3 Å². The zero-order valence-corrected chi connectivity index (χ0v) is 9.92. The lowest BCUT2D eigenvalue weighted by Gasteiger charge is -2.27. The van der Waals surface area contributed by atoms with Gasteiger partial charge >= 0.3 is 5.97 Å². The highest BCUT2D eigenvalue weighted by molar-refractivity contribution is 7.91. The summed E-state index contributed by atoms with van der Waals surface area (Å²) in [5, 5.41) is 13.5. The highest BCUT2D eigenvalue weighted by Gasteiger charge is 2.35. The Bertz CT molecular complexity index is 480. The molecule has 0 aliphatic carbocycles. The Kier molecular flexibility index (Phi) is 3.00. The number of hydrogen-bond donors (Lipinski definition) is 2. The minimum absolute atomic E-state index is 0.0305. The average molecular weight is 261 g/mol. The lowest BCUT2D eigenvalue weighted by molar-refractivity contribution is -0.139.